The second kappa shape index (κ2) is 9.70. The first-order valence-corrected chi connectivity index (χ1v) is 13.2. The van der Waals surface area contributed by atoms with Crippen LogP contribution in [-0.4, -0.2) is 94.0 Å². The topological polar surface area (TPSA) is 88.8 Å². The lowest BCUT2D eigenvalue weighted by molar-refractivity contribution is -0.0862. The molecular weight excluding hydrogens is 456 g/mol. The largest absolute Gasteiger partial charge is 0.394 e. The zero-order chi connectivity index (χ0) is 24.8. The van der Waals surface area contributed by atoms with Crippen LogP contribution in [0.4, 0.5) is 5.82 Å². The van der Waals surface area contributed by atoms with Crippen molar-refractivity contribution in [1.29, 1.82) is 0 Å². The van der Waals surface area contributed by atoms with E-state index in [9.17, 15) is 5.11 Å². The fraction of sp³-hybridized carbons (Fsp3) is 0.593. The number of morpholine rings is 1. The predicted octanol–water partition coefficient (Wildman–Crippen LogP) is 2.60. The molecular formula is C27H36N6O3. The van der Waals surface area contributed by atoms with Gasteiger partial charge in [0.05, 0.1) is 50.3 Å². The number of aromatic nitrogens is 4. The number of nitrogens with zero attached hydrogens (tertiary/aromatic N) is 6. The molecule has 0 spiro atoms. The summed E-state index contributed by atoms with van der Waals surface area (Å²) in [5.41, 5.74) is 3.84. The van der Waals surface area contributed by atoms with Gasteiger partial charge in [0.1, 0.15) is 11.6 Å². The third-order valence-corrected chi connectivity index (χ3v) is 8.11. The van der Waals surface area contributed by atoms with Crippen molar-refractivity contribution in [3.63, 3.8) is 0 Å². The minimum Gasteiger partial charge on any atom is -0.394 e. The number of aryl methyl sites for hydroxylation is 2. The van der Waals surface area contributed by atoms with E-state index in [1.807, 2.05) is 23.9 Å². The molecule has 9 nitrogen and oxygen atoms in total. The lowest BCUT2D eigenvalue weighted by atomic mass is 9.82. The molecule has 0 radical (unpaired) electrons. The lowest BCUT2D eigenvalue weighted by Crippen LogP contribution is -2.55. The van der Waals surface area contributed by atoms with E-state index >= 15 is 0 Å². The van der Waals surface area contributed by atoms with Gasteiger partial charge < -0.3 is 19.5 Å². The van der Waals surface area contributed by atoms with E-state index in [-0.39, 0.29) is 12.7 Å². The highest BCUT2D eigenvalue weighted by molar-refractivity contribution is 5.82. The number of hydrogen-bond donors (Lipinski definition) is 1. The molecule has 3 saturated heterocycles. The highest BCUT2D eigenvalue weighted by Crippen LogP contribution is 2.37. The molecule has 3 aliphatic heterocycles. The first kappa shape index (κ1) is 23.8. The summed E-state index contributed by atoms with van der Waals surface area (Å²) < 4.78 is 13.0. The van der Waals surface area contributed by atoms with Gasteiger partial charge in [0.2, 0.25) is 0 Å². The molecule has 36 heavy (non-hydrogen) atoms. The molecule has 6 rings (SSSR count). The van der Waals surface area contributed by atoms with Gasteiger partial charge in [0.15, 0.2) is 5.82 Å². The molecule has 3 aliphatic rings. The first-order valence-electron chi connectivity index (χ1n) is 13.2. The molecule has 2 aromatic heterocycles. The van der Waals surface area contributed by atoms with Crippen molar-refractivity contribution in [2.45, 2.75) is 57.7 Å². The van der Waals surface area contributed by atoms with Crippen molar-refractivity contribution in [3.8, 4) is 5.82 Å². The molecule has 5 heterocycles. The zero-order valence-electron chi connectivity index (χ0n) is 21.4. The van der Waals surface area contributed by atoms with Crippen LogP contribution in [0, 0.1) is 13.8 Å². The van der Waals surface area contributed by atoms with Crippen molar-refractivity contribution in [2.24, 2.45) is 0 Å². The van der Waals surface area contributed by atoms with Crippen LogP contribution < -0.4 is 4.90 Å². The van der Waals surface area contributed by atoms with Crippen molar-refractivity contribution >= 4 is 16.7 Å². The van der Waals surface area contributed by atoms with Gasteiger partial charge >= 0.3 is 0 Å². The standard InChI is InChI=1S/C27H36N6O3/c1-17-8-21-12-28-33(27-11-26(29-19(3)30-27)31-6-7-36-23(13-31)14-34)25(21)10-24(17)20-4-5-32(18(2)9-20)22-15-35-16-22/h8,10-12,18,20,22-23,34H,4-7,9,13-16H2,1-3H3. The number of ether oxygens (including phenoxy) is 2. The minimum atomic E-state index is -0.195. The molecule has 0 bridgehead atoms. The van der Waals surface area contributed by atoms with Gasteiger partial charge in [-0.2, -0.15) is 5.10 Å². The predicted molar refractivity (Wildman–Crippen MR) is 138 cm³/mol. The van der Waals surface area contributed by atoms with Crippen molar-refractivity contribution in [1.82, 2.24) is 24.6 Å². The van der Waals surface area contributed by atoms with E-state index in [2.05, 4.69) is 40.8 Å². The Balaban J connectivity index is 1.31. The number of rotatable bonds is 5. The summed E-state index contributed by atoms with van der Waals surface area (Å²) >= 11 is 0. The average molecular weight is 493 g/mol. The van der Waals surface area contributed by atoms with Gasteiger partial charge in [0.25, 0.3) is 0 Å². The maximum atomic E-state index is 9.56. The fourth-order valence-corrected chi connectivity index (χ4v) is 6.10. The lowest BCUT2D eigenvalue weighted by Gasteiger charge is -2.45. The summed E-state index contributed by atoms with van der Waals surface area (Å²) in [5, 5.41) is 15.4. The Kier molecular flexibility index (Phi) is 6.41. The number of likely N-dealkylation sites (tertiary alicyclic amines) is 1. The highest BCUT2D eigenvalue weighted by atomic mass is 16.5. The second-order valence-corrected chi connectivity index (χ2v) is 10.6. The van der Waals surface area contributed by atoms with E-state index < -0.39 is 0 Å². The normalized spacial score (nSPS) is 25.9. The van der Waals surface area contributed by atoms with Crippen LogP contribution >= 0.6 is 0 Å². The van der Waals surface area contributed by atoms with Crippen molar-refractivity contribution < 1.29 is 14.6 Å². The SMILES string of the molecule is Cc1nc(N2CCOC(CO)C2)cc(-n2ncc3cc(C)c(C4CCN(C5COC5)C(C)C4)cc32)n1. The molecule has 0 amide bonds. The molecule has 3 fully saturated rings. The average Bonchev–Trinajstić information content (AvgIpc) is 3.26. The highest BCUT2D eigenvalue weighted by Gasteiger charge is 2.35. The fourth-order valence-electron chi connectivity index (χ4n) is 6.10. The summed E-state index contributed by atoms with van der Waals surface area (Å²) in [6.45, 7) is 11.3. The summed E-state index contributed by atoms with van der Waals surface area (Å²) in [6.07, 6.45) is 4.07. The number of fused-ring (bicyclic) bond motifs is 1. The molecule has 0 aliphatic carbocycles. The summed E-state index contributed by atoms with van der Waals surface area (Å²) in [5.74, 6) is 2.85. The second-order valence-electron chi connectivity index (χ2n) is 10.6. The van der Waals surface area contributed by atoms with Gasteiger partial charge in [0, 0.05) is 30.6 Å². The Morgan fingerprint density at radius 3 is 2.67 bits per heavy atom. The summed E-state index contributed by atoms with van der Waals surface area (Å²) in [4.78, 5) is 14.2. The Morgan fingerprint density at radius 1 is 1.08 bits per heavy atom. The van der Waals surface area contributed by atoms with Gasteiger partial charge in [-0.1, -0.05) is 0 Å². The summed E-state index contributed by atoms with van der Waals surface area (Å²) in [6, 6.07) is 7.76. The molecule has 9 heteroatoms. The first-order chi connectivity index (χ1) is 17.5. The van der Waals surface area contributed by atoms with E-state index in [4.69, 9.17) is 19.6 Å². The van der Waals surface area contributed by atoms with Crippen LogP contribution in [0.1, 0.15) is 42.6 Å². The Morgan fingerprint density at radius 2 is 1.92 bits per heavy atom. The van der Waals surface area contributed by atoms with Crippen LogP contribution in [0.3, 0.4) is 0 Å². The maximum Gasteiger partial charge on any atom is 0.159 e. The monoisotopic (exact) mass is 492 g/mol. The summed E-state index contributed by atoms with van der Waals surface area (Å²) in [7, 11) is 0. The number of anilines is 1. The smallest absolute Gasteiger partial charge is 0.159 e. The maximum absolute atomic E-state index is 9.56. The van der Waals surface area contributed by atoms with Crippen molar-refractivity contribution in [2.75, 3.05) is 51.0 Å². The number of aliphatic hydroxyl groups is 1. The van der Waals surface area contributed by atoms with E-state index in [1.54, 1.807) is 0 Å². The van der Waals surface area contributed by atoms with Gasteiger partial charge in [-0.25, -0.2) is 14.6 Å². The third-order valence-electron chi connectivity index (χ3n) is 8.11. The quantitative estimate of drug-likeness (QED) is 0.582. The number of aliphatic hydroxyl groups excluding tert-OH is 1. The van der Waals surface area contributed by atoms with E-state index in [0.717, 1.165) is 55.3 Å². The molecule has 0 saturated carbocycles. The molecule has 3 atom stereocenters. The molecule has 3 unspecified atom stereocenters. The van der Waals surface area contributed by atoms with Gasteiger partial charge in [-0.05, 0) is 69.3 Å². The number of piperidine rings is 1. The van der Waals surface area contributed by atoms with E-state index in [1.165, 1.54) is 17.5 Å². The molecule has 1 N–H and O–H groups in total. The molecule has 192 valence electrons. The van der Waals surface area contributed by atoms with Gasteiger partial charge in [-0.15, -0.1) is 0 Å². The van der Waals surface area contributed by atoms with Crippen LogP contribution in [0.15, 0.2) is 24.4 Å². The Bertz CT molecular complexity index is 1240. The number of hydrogen-bond acceptors (Lipinski definition) is 8. The van der Waals surface area contributed by atoms with E-state index in [0.29, 0.717) is 37.0 Å². The Hall–Kier alpha value is -2.59. The third kappa shape index (κ3) is 4.38. The van der Waals surface area contributed by atoms with Gasteiger partial charge in [-0.3, -0.25) is 4.90 Å². The zero-order valence-corrected chi connectivity index (χ0v) is 21.4. The van der Waals surface area contributed by atoms with Crippen molar-refractivity contribution in [3.05, 3.63) is 41.3 Å². The van der Waals surface area contributed by atoms with Crippen LogP contribution in [-0.2, 0) is 9.47 Å². The minimum absolute atomic E-state index is 0.00528. The van der Waals surface area contributed by atoms with Crippen LogP contribution in [0.5, 0.6) is 0 Å². The van der Waals surface area contributed by atoms with Crippen LogP contribution in [0.25, 0.3) is 16.7 Å². The van der Waals surface area contributed by atoms with Crippen LogP contribution in [0.2, 0.25) is 0 Å². The molecule has 3 aromatic rings. The Labute approximate surface area is 212 Å². The molecule has 1 aromatic carbocycles. The number of benzene rings is 1.